The van der Waals surface area contributed by atoms with Crippen molar-refractivity contribution in [1.29, 1.82) is 0 Å². The van der Waals surface area contributed by atoms with Gasteiger partial charge in [-0.1, -0.05) is 32.0 Å². The number of anilines is 1. The number of benzene rings is 1. The van der Waals surface area contributed by atoms with Crippen molar-refractivity contribution in [3.8, 4) is 0 Å². The van der Waals surface area contributed by atoms with E-state index in [-0.39, 0.29) is 0 Å². The van der Waals surface area contributed by atoms with Crippen LogP contribution in [-0.2, 0) is 4.74 Å². The molecule has 1 aliphatic heterocycles. The van der Waals surface area contributed by atoms with E-state index < -0.39 is 0 Å². The van der Waals surface area contributed by atoms with E-state index in [0.717, 1.165) is 26.2 Å². The summed E-state index contributed by atoms with van der Waals surface area (Å²) in [7, 11) is 1.79. The van der Waals surface area contributed by atoms with E-state index in [4.69, 9.17) is 4.74 Å². The molecule has 0 fully saturated rings. The van der Waals surface area contributed by atoms with Crippen LogP contribution in [0.4, 0.5) is 5.69 Å². The number of nitrogens with one attached hydrogen (secondary N) is 1. The maximum Gasteiger partial charge on any atom is 0.0589 e. The molecule has 0 spiro atoms. The van der Waals surface area contributed by atoms with Crippen LogP contribution >= 0.6 is 0 Å². The molecule has 0 aromatic heterocycles. The van der Waals surface area contributed by atoms with Gasteiger partial charge in [0.25, 0.3) is 0 Å². The third-order valence-corrected chi connectivity index (χ3v) is 4.75. The highest BCUT2D eigenvalue weighted by atomic mass is 16.5. The van der Waals surface area contributed by atoms with Gasteiger partial charge in [0.2, 0.25) is 0 Å². The van der Waals surface area contributed by atoms with Crippen LogP contribution in [-0.4, -0.2) is 44.3 Å². The molecule has 1 aliphatic rings. The van der Waals surface area contributed by atoms with E-state index in [1.54, 1.807) is 7.11 Å². The molecule has 1 N–H and O–H groups in total. The lowest BCUT2D eigenvalue weighted by Crippen LogP contribution is -2.38. The van der Waals surface area contributed by atoms with Crippen LogP contribution in [0.25, 0.3) is 0 Å². The first kappa shape index (κ1) is 16.3. The summed E-state index contributed by atoms with van der Waals surface area (Å²) in [5.41, 5.74) is 2.82. The normalized spacial score (nSPS) is 17.3. The lowest BCUT2D eigenvalue weighted by molar-refractivity contribution is 0.113. The van der Waals surface area contributed by atoms with Gasteiger partial charge in [0.1, 0.15) is 0 Å². The van der Waals surface area contributed by atoms with Gasteiger partial charge >= 0.3 is 0 Å². The average Bonchev–Trinajstić information content (AvgIpc) is 2.93. The highest BCUT2D eigenvalue weighted by molar-refractivity contribution is 5.57. The SMILES string of the molecule is CCC(CC)N(CCOC)CCC1CNc2ccccc21. The second kappa shape index (κ2) is 8.40. The van der Waals surface area contributed by atoms with E-state index >= 15 is 0 Å². The highest BCUT2D eigenvalue weighted by Gasteiger charge is 2.23. The molecule has 1 atom stereocenters. The smallest absolute Gasteiger partial charge is 0.0589 e. The summed E-state index contributed by atoms with van der Waals surface area (Å²) in [6, 6.07) is 9.42. The first-order valence-electron chi connectivity index (χ1n) is 8.35. The lowest BCUT2D eigenvalue weighted by atomic mass is 9.97. The van der Waals surface area contributed by atoms with Crippen LogP contribution in [0.5, 0.6) is 0 Å². The highest BCUT2D eigenvalue weighted by Crippen LogP contribution is 2.33. The molecule has 0 aliphatic carbocycles. The van der Waals surface area contributed by atoms with Gasteiger partial charge in [-0.15, -0.1) is 0 Å². The van der Waals surface area contributed by atoms with Gasteiger partial charge in [0.15, 0.2) is 0 Å². The fraction of sp³-hybridized carbons (Fsp3) is 0.667. The van der Waals surface area contributed by atoms with E-state index in [0.29, 0.717) is 12.0 Å². The van der Waals surface area contributed by atoms with Crippen molar-refractivity contribution in [3.63, 3.8) is 0 Å². The van der Waals surface area contributed by atoms with Gasteiger partial charge in [-0.3, -0.25) is 4.90 Å². The van der Waals surface area contributed by atoms with Crippen LogP contribution in [0.2, 0.25) is 0 Å². The predicted molar refractivity (Wildman–Crippen MR) is 90.1 cm³/mol. The Morgan fingerprint density at radius 2 is 2.00 bits per heavy atom. The molecule has 0 amide bonds. The van der Waals surface area contributed by atoms with Crippen molar-refractivity contribution < 1.29 is 4.74 Å². The van der Waals surface area contributed by atoms with E-state index in [1.807, 2.05) is 0 Å². The molecule has 3 heteroatoms. The Morgan fingerprint density at radius 1 is 1.24 bits per heavy atom. The Hall–Kier alpha value is -1.06. The number of hydrogen-bond acceptors (Lipinski definition) is 3. The standard InChI is InChI=1S/C18H30N2O/c1-4-16(5-2)20(12-13-21-3)11-10-15-14-19-18-9-7-6-8-17(15)18/h6-9,15-16,19H,4-5,10-14H2,1-3H3. The summed E-state index contributed by atoms with van der Waals surface area (Å²) in [6.45, 7) is 8.71. The van der Waals surface area contributed by atoms with E-state index in [9.17, 15) is 0 Å². The molecule has 118 valence electrons. The molecular formula is C18H30N2O. The van der Waals surface area contributed by atoms with Gasteiger partial charge in [0, 0.05) is 37.8 Å². The maximum atomic E-state index is 5.29. The van der Waals surface area contributed by atoms with Crippen LogP contribution in [0.3, 0.4) is 0 Å². The molecule has 0 bridgehead atoms. The van der Waals surface area contributed by atoms with Crippen molar-refractivity contribution in [2.75, 3.05) is 38.7 Å². The van der Waals surface area contributed by atoms with Crippen LogP contribution < -0.4 is 5.32 Å². The van der Waals surface area contributed by atoms with Gasteiger partial charge in [0.05, 0.1) is 6.61 Å². The van der Waals surface area contributed by atoms with E-state index in [1.165, 1.54) is 30.5 Å². The zero-order chi connectivity index (χ0) is 15.1. The Bertz CT molecular complexity index is 417. The monoisotopic (exact) mass is 290 g/mol. The van der Waals surface area contributed by atoms with Crippen molar-refractivity contribution in [3.05, 3.63) is 29.8 Å². The molecule has 3 nitrogen and oxygen atoms in total. The van der Waals surface area contributed by atoms with Crippen LogP contribution in [0, 0.1) is 0 Å². The summed E-state index contributed by atoms with van der Waals surface area (Å²) in [6.07, 6.45) is 3.67. The van der Waals surface area contributed by atoms with Crippen molar-refractivity contribution >= 4 is 5.69 Å². The summed E-state index contributed by atoms with van der Waals surface area (Å²) in [5.74, 6) is 0.653. The molecule has 21 heavy (non-hydrogen) atoms. The Morgan fingerprint density at radius 3 is 2.71 bits per heavy atom. The molecule has 0 saturated carbocycles. The zero-order valence-corrected chi connectivity index (χ0v) is 13.8. The quantitative estimate of drug-likeness (QED) is 0.750. The Labute approximate surface area is 129 Å². The number of methoxy groups -OCH3 is 1. The number of hydrogen-bond donors (Lipinski definition) is 1. The second-order valence-electron chi connectivity index (χ2n) is 5.95. The summed E-state index contributed by atoms with van der Waals surface area (Å²) in [5, 5.41) is 3.53. The van der Waals surface area contributed by atoms with Gasteiger partial charge in [-0.05, 0) is 37.4 Å². The first-order chi connectivity index (χ1) is 10.3. The van der Waals surface area contributed by atoms with Crippen LogP contribution in [0.15, 0.2) is 24.3 Å². The fourth-order valence-corrected chi connectivity index (χ4v) is 3.43. The summed E-state index contributed by atoms with van der Waals surface area (Å²) < 4.78 is 5.29. The summed E-state index contributed by atoms with van der Waals surface area (Å²) >= 11 is 0. The van der Waals surface area contributed by atoms with Gasteiger partial charge < -0.3 is 10.1 Å². The van der Waals surface area contributed by atoms with Crippen molar-refractivity contribution in [1.82, 2.24) is 4.90 Å². The average molecular weight is 290 g/mol. The van der Waals surface area contributed by atoms with Gasteiger partial charge in [-0.25, -0.2) is 0 Å². The summed E-state index contributed by atoms with van der Waals surface area (Å²) in [4.78, 5) is 2.62. The second-order valence-corrected chi connectivity index (χ2v) is 5.95. The molecule has 1 unspecified atom stereocenters. The molecule has 0 saturated heterocycles. The number of nitrogens with zero attached hydrogens (tertiary/aromatic N) is 1. The fourth-order valence-electron chi connectivity index (χ4n) is 3.43. The molecule has 2 rings (SSSR count). The first-order valence-corrected chi connectivity index (χ1v) is 8.35. The van der Waals surface area contributed by atoms with Crippen LogP contribution in [0.1, 0.15) is 44.6 Å². The van der Waals surface area contributed by atoms with Crippen molar-refractivity contribution in [2.45, 2.75) is 45.1 Å². The number of fused-ring (bicyclic) bond motifs is 1. The molecule has 1 aromatic rings. The van der Waals surface area contributed by atoms with Crippen molar-refractivity contribution in [2.24, 2.45) is 0 Å². The number of ether oxygens (including phenoxy) is 1. The number of para-hydroxylation sites is 1. The third kappa shape index (κ3) is 4.21. The predicted octanol–water partition coefficient (Wildman–Crippen LogP) is 3.72. The zero-order valence-electron chi connectivity index (χ0n) is 13.8. The van der Waals surface area contributed by atoms with E-state index in [2.05, 4.69) is 48.3 Å². The molecule has 0 radical (unpaired) electrons. The third-order valence-electron chi connectivity index (χ3n) is 4.75. The molecule has 1 aromatic carbocycles. The minimum atomic E-state index is 0.653. The Balaban J connectivity index is 1.92. The number of rotatable bonds is 9. The minimum Gasteiger partial charge on any atom is -0.384 e. The minimum absolute atomic E-state index is 0.653. The Kier molecular flexibility index (Phi) is 6.52. The van der Waals surface area contributed by atoms with Gasteiger partial charge in [-0.2, -0.15) is 0 Å². The molecule has 1 heterocycles. The molecular weight excluding hydrogens is 260 g/mol. The lowest BCUT2D eigenvalue weighted by Gasteiger charge is -2.31. The largest absolute Gasteiger partial charge is 0.384 e. The topological polar surface area (TPSA) is 24.5 Å². The maximum absolute atomic E-state index is 5.29.